The van der Waals surface area contributed by atoms with E-state index in [4.69, 9.17) is 15.7 Å². The van der Waals surface area contributed by atoms with Crippen LogP contribution in [-0.2, 0) is 0 Å². The van der Waals surface area contributed by atoms with E-state index < -0.39 is 0 Å². The van der Waals surface area contributed by atoms with Gasteiger partial charge in [0.2, 0.25) is 0 Å². The van der Waals surface area contributed by atoms with Gasteiger partial charge < -0.3 is 25.9 Å². The van der Waals surface area contributed by atoms with Crippen LogP contribution in [0.25, 0.3) is 0 Å². The number of urea groups is 1. The number of hydrogen-bond donors (Lipinski definition) is 3. The number of methoxy groups -OCH3 is 1. The molecule has 1 fully saturated rings. The Balaban J connectivity index is 1.87. The molecule has 7 heteroatoms. The molecule has 2 amide bonds. The number of amidine groups is 1. The SMILES string of the molecule is COc1ccc(NC(=O)N2CCC(C(N)=NO)CC2)cc1. The highest BCUT2D eigenvalue weighted by atomic mass is 16.5. The number of nitrogens with one attached hydrogen (secondary N) is 1. The van der Waals surface area contributed by atoms with E-state index >= 15 is 0 Å². The quantitative estimate of drug-likeness (QED) is 0.341. The molecule has 0 spiro atoms. The lowest BCUT2D eigenvalue weighted by atomic mass is 9.96. The Bertz CT molecular complexity index is 507. The van der Waals surface area contributed by atoms with Gasteiger partial charge in [0, 0.05) is 24.7 Å². The van der Waals surface area contributed by atoms with Gasteiger partial charge in [0.25, 0.3) is 0 Å². The van der Waals surface area contributed by atoms with Gasteiger partial charge in [-0.2, -0.15) is 0 Å². The van der Waals surface area contributed by atoms with Crippen molar-refractivity contribution in [1.29, 1.82) is 0 Å². The maximum Gasteiger partial charge on any atom is 0.321 e. The van der Waals surface area contributed by atoms with Gasteiger partial charge in [0.15, 0.2) is 0 Å². The van der Waals surface area contributed by atoms with Gasteiger partial charge in [-0.05, 0) is 37.1 Å². The number of oxime groups is 1. The Morgan fingerprint density at radius 1 is 1.38 bits per heavy atom. The van der Waals surface area contributed by atoms with Crippen molar-refractivity contribution >= 4 is 17.6 Å². The molecule has 7 nitrogen and oxygen atoms in total. The third kappa shape index (κ3) is 3.77. The normalized spacial score (nSPS) is 16.6. The summed E-state index contributed by atoms with van der Waals surface area (Å²) in [7, 11) is 1.60. The van der Waals surface area contributed by atoms with E-state index in [0.717, 1.165) is 11.4 Å². The number of hydrogen-bond acceptors (Lipinski definition) is 4. The monoisotopic (exact) mass is 292 g/mol. The molecule has 4 N–H and O–H groups in total. The van der Waals surface area contributed by atoms with Gasteiger partial charge in [0.05, 0.1) is 7.11 Å². The third-order valence-corrected chi connectivity index (χ3v) is 3.66. The van der Waals surface area contributed by atoms with Crippen molar-refractivity contribution in [2.24, 2.45) is 16.8 Å². The van der Waals surface area contributed by atoms with Crippen LogP contribution in [0.3, 0.4) is 0 Å². The maximum atomic E-state index is 12.1. The summed E-state index contributed by atoms with van der Waals surface area (Å²) < 4.78 is 5.07. The average Bonchev–Trinajstić information content (AvgIpc) is 2.55. The highest BCUT2D eigenvalue weighted by Gasteiger charge is 2.25. The summed E-state index contributed by atoms with van der Waals surface area (Å²) in [4.78, 5) is 13.9. The standard InChI is InChI=1S/C14H20N4O3/c1-21-12-4-2-11(3-5-12)16-14(19)18-8-6-10(7-9-18)13(15)17-20/h2-5,10,20H,6-9H2,1H3,(H2,15,17)(H,16,19). The van der Waals surface area contributed by atoms with Crippen molar-refractivity contribution in [3.63, 3.8) is 0 Å². The molecule has 0 aromatic heterocycles. The van der Waals surface area contributed by atoms with Crippen LogP contribution in [0.2, 0.25) is 0 Å². The molecule has 0 aliphatic carbocycles. The first-order valence-corrected chi connectivity index (χ1v) is 6.81. The molecular formula is C14H20N4O3. The van der Waals surface area contributed by atoms with Gasteiger partial charge in [-0.3, -0.25) is 0 Å². The number of nitrogens with zero attached hydrogens (tertiary/aromatic N) is 2. The third-order valence-electron chi connectivity index (χ3n) is 3.66. The molecule has 0 saturated carbocycles. The Labute approximate surface area is 123 Å². The Morgan fingerprint density at radius 3 is 2.52 bits per heavy atom. The number of likely N-dealkylation sites (tertiary alicyclic amines) is 1. The van der Waals surface area contributed by atoms with Crippen molar-refractivity contribution in [3.8, 4) is 5.75 Å². The summed E-state index contributed by atoms with van der Waals surface area (Å²) in [5, 5.41) is 14.5. The lowest BCUT2D eigenvalue weighted by Gasteiger charge is -2.31. The van der Waals surface area contributed by atoms with E-state index in [-0.39, 0.29) is 17.8 Å². The summed E-state index contributed by atoms with van der Waals surface area (Å²) in [6, 6.07) is 7.03. The van der Waals surface area contributed by atoms with Crippen LogP contribution in [0.5, 0.6) is 5.75 Å². The van der Waals surface area contributed by atoms with Gasteiger partial charge in [-0.25, -0.2) is 4.79 Å². The predicted octanol–water partition coefficient (Wildman–Crippen LogP) is 1.69. The zero-order valence-corrected chi connectivity index (χ0v) is 12.0. The molecule has 0 atom stereocenters. The second-order valence-corrected chi connectivity index (χ2v) is 4.94. The van der Waals surface area contributed by atoms with Gasteiger partial charge in [-0.15, -0.1) is 0 Å². The molecule has 0 bridgehead atoms. The van der Waals surface area contributed by atoms with Gasteiger partial charge in [0.1, 0.15) is 11.6 Å². The van der Waals surface area contributed by atoms with E-state index in [0.29, 0.717) is 25.9 Å². The number of piperidine rings is 1. The topological polar surface area (TPSA) is 100 Å². The number of anilines is 1. The molecule has 1 heterocycles. The second kappa shape index (κ2) is 6.83. The van der Waals surface area contributed by atoms with E-state index in [1.807, 2.05) is 0 Å². The zero-order chi connectivity index (χ0) is 15.2. The van der Waals surface area contributed by atoms with Crippen molar-refractivity contribution in [1.82, 2.24) is 4.90 Å². The molecule has 1 aliphatic rings. The largest absolute Gasteiger partial charge is 0.497 e. The van der Waals surface area contributed by atoms with Crippen LogP contribution in [0.4, 0.5) is 10.5 Å². The molecule has 1 aromatic rings. The second-order valence-electron chi connectivity index (χ2n) is 4.94. The summed E-state index contributed by atoms with van der Waals surface area (Å²) in [6.45, 7) is 1.17. The van der Waals surface area contributed by atoms with Crippen LogP contribution in [0.15, 0.2) is 29.4 Å². The summed E-state index contributed by atoms with van der Waals surface area (Å²) in [5.74, 6) is 1.03. The van der Waals surface area contributed by atoms with Crippen LogP contribution in [0, 0.1) is 5.92 Å². The Hall–Kier alpha value is -2.44. The molecule has 21 heavy (non-hydrogen) atoms. The predicted molar refractivity (Wildman–Crippen MR) is 79.7 cm³/mol. The first-order chi connectivity index (χ1) is 10.1. The lowest BCUT2D eigenvalue weighted by molar-refractivity contribution is 0.192. The fraction of sp³-hybridized carbons (Fsp3) is 0.429. The summed E-state index contributed by atoms with van der Waals surface area (Å²) >= 11 is 0. The zero-order valence-electron chi connectivity index (χ0n) is 12.0. The molecule has 0 radical (unpaired) electrons. The fourth-order valence-corrected chi connectivity index (χ4v) is 2.34. The number of rotatable bonds is 3. The van der Waals surface area contributed by atoms with Crippen LogP contribution < -0.4 is 15.8 Å². The van der Waals surface area contributed by atoms with E-state index in [1.54, 1.807) is 36.3 Å². The van der Waals surface area contributed by atoms with Crippen LogP contribution in [-0.4, -0.2) is 42.2 Å². The first-order valence-electron chi connectivity index (χ1n) is 6.81. The van der Waals surface area contributed by atoms with Crippen molar-refractivity contribution in [2.75, 3.05) is 25.5 Å². The van der Waals surface area contributed by atoms with Crippen LogP contribution in [0.1, 0.15) is 12.8 Å². The van der Waals surface area contributed by atoms with Crippen molar-refractivity contribution in [3.05, 3.63) is 24.3 Å². The Kier molecular flexibility index (Phi) is 4.86. The Morgan fingerprint density at radius 2 is 2.00 bits per heavy atom. The minimum absolute atomic E-state index is 0.0417. The molecule has 114 valence electrons. The molecule has 0 unspecified atom stereocenters. The molecule has 1 aliphatic heterocycles. The lowest BCUT2D eigenvalue weighted by Crippen LogP contribution is -2.43. The maximum absolute atomic E-state index is 12.1. The summed E-state index contributed by atoms with van der Waals surface area (Å²) in [6.07, 6.45) is 1.40. The molecule has 1 saturated heterocycles. The number of nitrogens with two attached hydrogens (primary N) is 1. The number of carbonyl (C=O) groups excluding carboxylic acids is 1. The van der Waals surface area contributed by atoms with Gasteiger partial charge in [-0.1, -0.05) is 5.16 Å². The average molecular weight is 292 g/mol. The first kappa shape index (κ1) is 15.0. The van der Waals surface area contributed by atoms with Crippen molar-refractivity contribution in [2.45, 2.75) is 12.8 Å². The van der Waals surface area contributed by atoms with Crippen molar-refractivity contribution < 1.29 is 14.7 Å². The molecule has 1 aromatic carbocycles. The summed E-state index contributed by atoms with van der Waals surface area (Å²) in [5.41, 5.74) is 6.31. The van der Waals surface area contributed by atoms with Crippen LogP contribution >= 0.6 is 0 Å². The number of ether oxygens (including phenoxy) is 1. The van der Waals surface area contributed by atoms with E-state index in [1.165, 1.54) is 0 Å². The number of benzene rings is 1. The van der Waals surface area contributed by atoms with E-state index in [2.05, 4.69) is 10.5 Å². The smallest absolute Gasteiger partial charge is 0.321 e. The molecule has 2 rings (SSSR count). The fourth-order valence-electron chi connectivity index (χ4n) is 2.34. The highest BCUT2D eigenvalue weighted by molar-refractivity contribution is 5.89. The van der Waals surface area contributed by atoms with Gasteiger partial charge >= 0.3 is 6.03 Å². The minimum atomic E-state index is -0.141. The van der Waals surface area contributed by atoms with E-state index in [9.17, 15) is 4.79 Å². The highest BCUT2D eigenvalue weighted by Crippen LogP contribution is 2.19. The molecular weight excluding hydrogens is 272 g/mol. The number of amides is 2. The number of carbonyl (C=O) groups is 1. The minimum Gasteiger partial charge on any atom is -0.497 e.